The van der Waals surface area contributed by atoms with Crippen LogP contribution < -0.4 is 5.32 Å². The first-order valence-electron chi connectivity index (χ1n) is 6.71. The van der Waals surface area contributed by atoms with E-state index in [0.29, 0.717) is 16.5 Å². The Bertz CT molecular complexity index is 796. The quantitative estimate of drug-likeness (QED) is 0.774. The molecule has 3 rings (SSSR count). The average Bonchev–Trinajstić information content (AvgIpc) is 2.93. The van der Waals surface area contributed by atoms with E-state index in [2.05, 4.69) is 15.3 Å². The Balaban J connectivity index is 2.04. The van der Waals surface area contributed by atoms with Crippen LogP contribution in [0.15, 0.2) is 42.5 Å². The fourth-order valence-electron chi connectivity index (χ4n) is 2.22. The van der Waals surface area contributed by atoms with Gasteiger partial charge in [0.2, 0.25) is 5.91 Å². The fraction of sp³-hybridized carbons (Fsp3) is 0.125. The summed E-state index contributed by atoms with van der Waals surface area (Å²) in [5, 5.41) is 3.37. The molecule has 3 aromatic rings. The molecule has 0 saturated carbocycles. The summed E-state index contributed by atoms with van der Waals surface area (Å²) in [7, 11) is 1.47. The lowest BCUT2D eigenvalue weighted by Crippen LogP contribution is -2.17. The number of imidazole rings is 1. The summed E-state index contributed by atoms with van der Waals surface area (Å²) >= 11 is 6.08. The van der Waals surface area contributed by atoms with Gasteiger partial charge in [-0.1, -0.05) is 23.7 Å². The normalized spacial score (nSPS) is 10.8. The topological polar surface area (TPSA) is 67.0 Å². The predicted octanol–water partition coefficient (Wildman–Crippen LogP) is 3.47. The maximum Gasteiger partial charge on any atom is 0.250 e. The van der Waals surface area contributed by atoms with Gasteiger partial charge in [-0.25, -0.2) is 4.98 Å². The summed E-state index contributed by atoms with van der Waals surface area (Å²) in [4.78, 5) is 19.5. The van der Waals surface area contributed by atoms with Crippen molar-refractivity contribution >= 4 is 34.2 Å². The lowest BCUT2D eigenvalue weighted by atomic mass is 10.1. The maximum absolute atomic E-state index is 11.8. The van der Waals surface area contributed by atoms with Crippen molar-refractivity contribution in [3.05, 3.63) is 47.5 Å². The minimum absolute atomic E-state index is 0.0117. The summed E-state index contributed by atoms with van der Waals surface area (Å²) < 4.78 is 4.83. The number of nitrogens with zero attached hydrogens (tertiary/aromatic N) is 1. The van der Waals surface area contributed by atoms with Gasteiger partial charge >= 0.3 is 0 Å². The molecule has 2 N–H and O–H groups in total. The Morgan fingerprint density at radius 2 is 2.14 bits per heavy atom. The standard InChI is InChI=1S/C16H14ClN3O2/c1-22-9-15(21)18-12-7-6-10(17)8-11(12)16-19-13-4-2-3-5-14(13)20-16/h2-8H,9H2,1H3,(H,18,21)(H,19,20). The monoisotopic (exact) mass is 315 g/mol. The van der Waals surface area contributed by atoms with Crippen LogP contribution in [0, 0.1) is 0 Å². The van der Waals surface area contributed by atoms with Crippen LogP contribution in [-0.4, -0.2) is 29.6 Å². The van der Waals surface area contributed by atoms with Crippen LogP contribution in [0.3, 0.4) is 0 Å². The molecule has 0 aliphatic carbocycles. The van der Waals surface area contributed by atoms with Gasteiger partial charge in [-0.3, -0.25) is 4.79 Å². The summed E-state index contributed by atoms with van der Waals surface area (Å²) in [6, 6.07) is 13.0. The molecule has 1 heterocycles. The fourth-order valence-corrected chi connectivity index (χ4v) is 2.39. The van der Waals surface area contributed by atoms with Gasteiger partial charge in [0.15, 0.2) is 0 Å². The molecule has 5 nitrogen and oxygen atoms in total. The summed E-state index contributed by atoms with van der Waals surface area (Å²) in [5.74, 6) is 0.415. The number of fused-ring (bicyclic) bond motifs is 1. The minimum Gasteiger partial charge on any atom is -0.375 e. The van der Waals surface area contributed by atoms with E-state index >= 15 is 0 Å². The van der Waals surface area contributed by atoms with Gasteiger partial charge in [-0.05, 0) is 30.3 Å². The Kier molecular flexibility index (Phi) is 4.09. The number of H-pyrrole nitrogens is 1. The Labute approximate surface area is 132 Å². The smallest absolute Gasteiger partial charge is 0.250 e. The SMILES string of the molecule is COCC(=O)Nc1ccc(Cl)cc1-c1nc2ccccc2[nH]1. The molecule has 1 amide bonds. The molecule has 0 bridgehead atoms. The van der Waals surface area contributed by atoms with Crippen molar-refractivity contribution in [3.63, 3.8) is 0 Å². The molecule has 112 valence electrons. The number of rotatable bonds is 4. The van der Waals surface area contributed by atoms with Crippen molar-refractivity contribution in [3.8, 4) is 11.4 Å². The highest BCUT2D eigenvalue weighted by atomic mass is 35.5. The van der Waals surface area contributed by atoms with Crippen molar-refractivity contribution in [2.24, 2.45) is 0 Å². The van der Waals surface area contributed by atoms with Crippen LogP contribution in [0.2, 0.25) is 5.02 Å². The van der Waals surface area contributed by atoms with Crippen LogP contribution in [0.4, 0.5) is 5.69 Å². The number of amides is 1. The number of hydrogen-bond donors (Lipinski definition) is 2. The van der Waals surface area contributed by atoms with Gasteiger partial charge in [0, 0.05) is 17.7 Å². The van der Waals surface area contributed by atoms with Gasteiger partial charge < -0.3 is 15.0 Å². The minimum atomic E-state index is -0.234. The summed E-state index contributed by atoms with van der Waals surface area (Å²) in [6.45, 7) is -0.0117. The number of ether oxygens (including phenoxy) is 1. The highest BCUT2D eigenvalue weighted by Crippen LogP contribution is 2.30. The number of carbonyl (C=O) groups is 1. The van der Waals surface area contributed by atoms with Gasteiger partial charge in [0.05, 0.1) is 16.7 Å². The second-order valence-electron chi connectivity index (χ2n) is 4.77. The molecule has 1 aromatic heterocycles. The predicted molar refractivity (Wildman–Crippen MR) is 87.0 cm³/mol. The first-order chi connectivity index (χ1) is 10.7. The number of aromatic amines is 1. The van der Waals surface area contributed by atoms with Crippen molar-refractivity contribution in [2.45, 2.75) is 0 Å². The molecule has 0 atom stereocenters. The van der Waals surface area contributed by atoms with Crippen molar-refractivity contribution in [1.29, 1.82) is 0 Å². The lowest BCUT2D eigenvalue weighted by Gasteiger charge is -2.09. The van der Waals surface area contributed by atoms with Crippen LogP contribution in [0.5, 0.6) is 0 Å². The number of methoxy groups -OCH3 is 1. The third-order valence-electron chi connectivity index (χ3n) is 3.18. The molecule has 0 fully saturated rings. The maximum atomic E-state index is 11.8. The van der Waals surface area contributed by atoms with Crippen molar-refractivity contribution in [2.75, 3.05) is 19.0 Å². The lowest BCUT2D eigenvalue weighted by molar-refractivity contribution is -0.119. The number of aromatic nitrogens is 2. The van der Waals surface area contributed by atoms with Crippen LogP contribution in [0.1, 0.15) is 0 Å². The molecule has 2 aromatic carbocycles. The first kappa shape index (κ1) is 14.6. The molecule has 0 unspecified atom stereocenters. The second kappa shape index (κ2) is 6.17. The van der Waals surface area contributed by atoms with E-state index in [-0.39, 0.29) is 12.5 Å². The number of halogens is 1. The zero-order chi connectivity index (χ0) is 15.5. The van der Waals surface area contributed by atoms with Gasteiger partial charge in [0.1, 0.15) is 12.4 Å². The van der Waals surface area contributed by atoms with Gasteiger partial charge in [-0.2, -0.15) is 0 Å². The van der Waals surface area contributed by atoms with Crippen LogP contribution >= 0.6 is 11.6 Å². The van der Waals surface area contributed by atoms with E-state index in [1.807, 2.05) is 24.3 Å². The third-order valence-corrected chi connectivity index (χ3v) is 3.41. The largest absolute Gasteiger partial charge is 0.375 e. The Morgan fingerprint density at radius 1 is 1.32 bits per heavy atom. The molecular weight excluding hydrogens is 302 g/mol. The number of hydrogen-bond acceptors (Lipinski definition) is 3. The summed E-state index contributed by atoms with van der Waals surface area (Å²) in [6.07, 6.45) is 0. The Morgan fingerprint density at radius 3 is 2.91 bits per heavy atom. The molecule has 22 heavy (non-hydrogen) atoms. The zero-order valence-corrected chi connectivity index (χ0v) is 12.6. The Hall–Kier alpha value is -2.37. The molecule has 6 heteroatoms. The van der Waals surface area contributed by atoms with Gasteiger partial charge in [-0.15, -0.1) is 0 Å². The average molecular weight is 316 g/mol. The number of para-hydroxylation sites is 2. The van der Waals surface area contributed by atoms with E-state index in [1.165, 1.54) is 7.11 Å². The molecule has 0 saturated heterocycles. The molecule has 0 spiro atoms. The summed E-state index contributed by atoms with van der Waals surface area (Å²) in [5.41, 5.74) is 3.14. The molecular formula is C16H14ClN3O2. The highest BCUT2D eigenvalue weighted by Gasteiger charge is 2.12. The highest BCUT2D eigenvalue weighted by molar-refractivity contribution is 6.31. The molecule has 0 aliphatic rings. The van der Waals surface area contributed by atoms with E-state index in [0.717, 1.165) is 16.6 Å². The van der Waals surface area contributed by atoms with Crippen LogP contribution in [0.25, 0.3) is 22.4 Å². The van der Waals surface area contributed by atoms with Crippen molar-refractivity contribution < 1.29 is 9.53 Å². The van der Waals surface area contributed by atoms with E-state index in [4.69, 9.17) is 16.3 Å². The zero-order valence-electron chi connectivity index (χ0n) is 11.9. The number of anilines is 1. The first-order valence-corrected chi connectivity index (χ1v) is 7.08. The van der Waals surface area contributed by atoms with E-state index in [1.54, 1.807) is 18.2 Å². The number of benzene rings is 2. The van der Waals surface area contributed by atoms with E-state index < -0.39 is 0 Å². The molecule has 0 radical (unpaired) electrons. The van der Waals surface area contributed by atoms with Gasteiger partial charge in [0.25, 0.3) is 0 Å². The van der Waals surface area contributed by atoms with E-state index in [9.17, 15) is 4.79 Å². The number of nitrogens with one attached hydrogen (secondary N) is 2. The van der Waals surface area contributed by atoms with Crippen molar-refractivity contribution in [1.82, 2.24) is 9.97 Å². The third kappa shape index (κ3) is 2.95. The second-order valence-corrected chi connectivity index (χ2v) is 5.21. The van der Waals surface area contributed by atoms with Crippen LogP contribution in [-0.2, 0) is 9.53 Å². The number of carbonyl (C=O) groups excluding carboxylic acids is 1. The molecule has 0 aliphatic heterocycles.